The summed E-state index contributed by atoms with van der Waals surface area (Å²) in [5, 5.41) is 24.6. The van der Waals surface area contributed by atoms with Gasteiger partial charge in [0.2, 0.25) is 0 Å². The van der Waals surface area contributed by atoms with Crippen molar-refractivity contribution in [1.82, 2.24) is 15.1 Å². The molecule has 3 rings (SSSR count). The van der Waals surface area contributed by atoms with Crippen LogP contribution in [0, 0.1) is 5.41 Å². The third-order valence-corrected chi connectivity index (χ3v) is 6.78. The van der Waals surface area contributed by atoms with E-state index in [1.807, 2.05) is 81.4 Å². The van der Waals surface area contributed by atoms with Crippen molar-refractivity contribution in [1.29, 1.82) is 0 Å². The average Bonchev–Trinajstić information content (AvgIpc) is 3.08. The molecule has 1 aliphatic rings. The predicted molar refractivity (Wildman–Crippen MR) is 148 cm³/mol. The quantitative estimate of drug-likeness (QED) is 0.465. The van der Waals surface area contributed by atoms with E-state index in [1.54, 1.807) is 32.6 Å². The molecular weight excluding hydrogens is 498 g/mol. The first-order valence-electron chi connectivity index (χ1n) is 13.2. The van der Waals surface area contributed by atoms with Crippen LogP contribution in [-0.2, 0) is 16.0 Å². The fourth-order valence-electron chi connectivity index (χ4n) is 5.27. The molecule has 212 valence electrons. The number of benzene rings is 2. The van der Waals surface area contributed by atoms with Crippen molar-refractivity contribution in [3.8, 4) is 0 Å². The Bertz CT molecular complexity index is 1140. The molecule has 0 radical (unpaired) electrons. The molecule has 3 amide bonds. The average molecular weight is 540 g/mol. The van der Waals surface area contributed by atoms with Crippen molar-refractivity contribution < 1.29 is 29.3 Å². The van der Waals surface area contributed by atoms with E-state index in [-0.39, 0.29) is 6.42 Å². The molecular formula is C30H41N3O6. The lowest BCUT2D eigenvalue weighted by Gasteiger charge is -2.41. The summed E-state index contributed by atoms with van der Waals surface area (Å²) in [6.07, 6.45) is -4.35. The summed E-state index contributed by atoms with van der Waals surface area (Å²) in [6.45, 7) is 12.8. The van der Waals surface area contributed by atoms with Crippen LogP contribution in [0.25, 0.3) is 0 Å². The van der Waals surface area contributed by atoms with Gasteiger partial charge < -0.3 is 25.2 Å². The number of aliphatic hydroxyl groups excluding tert-OH is 1. The highest BCUT2D eigenvalue weighted by molar-refractivity contribution is 5.90. The molecule has 2 aromatic rings. The number of ether oxygens (including phenoxy) is 1. The lowest BCUT2D eigenvalue weighted by Crippen LogP contribution is -2.57. The normalized spacial score (nSPS) is 20.4. The van der Waals surface area contributed by atoms with Crippen LogP contribution >= 0.6 is 0 Å². The summed E-state index contributed by atoms with van der Waals surface area (Å²) in [5.41, 5.74) is 0.418. The maximum Gasteiger partial charge on any atom is 0.409 e. The van der Waals surface area contributed by atoms with Gasteiger partial charge in [0.05, 0.1) is 12.1 Å². The number of carbonyl (C=O) groups excluding carboxylic acids is 2. The Morgan fingerprint density at radius 1 is 0.974 bits per heavy atom. The second kappa shape index (κ2) is 11.7. The summed E-state index contributed by atoms with van der Waals surface area (Å²) in [5.74, 6) is -0.523. The van der Waals surface area contributed by atoms with Crippen molar-refractivity contribution in [2.24, 2.45) is 5.41 Å². The van der Waals surface area contributed by atoms with Crippen LogP contribution in [0.5, 0.6) is 0 Å². The molecule has 0 saturated carbocycles. The van der Waals surface area contributed by atoms with Gasteiger partial charge in [-0.05, 0) is 50.7 Å². The van der Waals surface area contributed by atoms with E-state index in [0.717, 1.165) is 16.0 Å². The standard InChI is InChI=1S/C30H41N3O6/c1-19-32(28(37)38)23(26(35)33(19)25(29(2,3)4)21-16-12-9-13-17-21)24(34)22(18-20-14-10-8-11-15-20)31-27(36)39-30(5,6)7/h8-17,19,22-25,34H,18H2,1-7H3,(H,31,36)(H,37,38)/t19?,22-,23?,24?,25?/m0/s1. The molecule has 1 saturated heterocycles. The molecule has 0 spiro atoms. The summed E-state index contributed by atoms with van der Waals surface area (Å²) in [4.78, 5) is 42.0. The second-order valence-corrected chi connectivity index (χ2v) is 12.1. The largest absolute Gasteiger partial charge is 0.465 e. The van der Waals surface area contributed by atoms with Gasteiger partial charge in [-0.1, -0.05) is 81.4 Å². The molecule has 5 atom stereocenters. The Morgan fingerprint density at radius 3 is 2.00 bits per heavy atom. The molecule has 39 heavy (non-hydrogen) atoms. The highest BCUT2D eigenvalue weighted by Crippen LogP contribution is 2.43. The lowest BCUT2D eigenvalue weighted by atomic mass is 9.81. The summed E-state index contributed by atoms with van der Waals surface area (Å²) in [7, 11) is 0. The molecule has 0 aliphatic carbocycles. The van der Waals surface area contributed by atoms with E-state index >= 15 is 0 Å². The molecule has 1 aliphatic heterocycles. The molecule has 2 aromatic carbocycles. The van der Waals surface area contributed by atoms with E-state index < -0.39 is 59.5 Å². The number of alkyl carbamates (subject to hydrolysis) is 1. The van der Waals surface area contributed by atoms with Crippen molar-refractivity contribution in [3.05, 3.63) is 71.8 Å². The smallest absolute Gasteiger partial charge is 0.409 e. The van der Waals surface area contributed by atoms with E-state index in [0.29, 0.717) is 0 Å². The molecule has 1 fully saturated rings. The molecule has 4 unspecified atom stereocenters. The highest BCUT2D eigenvalue weighted by atomic mass is 16.6. The maximum absolute atomic E-state index is 14.1. The van der Waals surface area contributed by atoms with Gasteiger partial charge in [0, 0.05) is 0 Å². The first-order valence-corrected chi connectivity index (χ1v) is 13.2. The SMILES string of the molecule is CC1N(C(=O)O)C(C(O)[C@H](Cc2ccccc2)NC(=O)OC(C)(C)C)C(=O)N1C(c1ccccc1)C(C)(C)C. The van der Waals surface area contributed by atoms with Crippen LogP contribution in [-0.4, -0.2) is 68.1 Å². The van der Waals surface area contributed by atoms with E-state index in [1.165, 1.54) is 0 Å². The molecule has 0 bridgehead atoms. The molecule has 0 aromatic heterocycles. The Kier molecular flexibility index (Phi) is 8.95. The topological polar surface area (TPSA) is 119 Å². The third kappa shape index (κ3) is 7.09. The number of hydrogen-bond acceptors (Lipinski definition) is 5. The van der Waals surface area contributed by atoms with Gasteiger partial charge in [0.25, 0.3) is 5.91 Å². The molecule has 9 heteroatoms. The first-order chi connectivity index (χ1) is 18.1. The fourth-order valence-corrected chi connectivity index (χ4v) is 5.27. The summed E-state index contributed by atoms with van der Waals surface area (Å²) < 4.78 is 5.42. The highest BCUT2D eigenvalue weighted by Gasteiger charge is 2.55. The Balaban J connectivity index is 2.03. The van der Waals surface area contributed by atoms with E-state index in [4.69, 9.17) is 4.74 Å². The van der Waals surface area contributed by atoms with Gasteiger partial charge in [-0.25, -0.2) is 9.59 Å². The zero-order valence-corrected chi connectivity index (χ0v) is 23.8. The van der Waals surface area contributed by atoms with Crippen LogP contribution < -0.4 is 5.32 Å². The summed E-state index contributed by atoms with van der Waals surface area (Å²) >= 11 is 0. The number of amides is 3. The Hall–Kier alpha value is -3.59. The third-order valence-electron chi connectivity index (χ3n) is 6.78. The van der Waals surface area contributed by atoms with Crippen LogP contribution in [0.3, 0.4) is 0 Å². The molecule has 3 N–H and O–H groups in total. The van der Waals surface area contributed by atoms with Crippen molar-refractivity contribution in [2.45, 2.75) is 90.9 Å². The van der Waals surface area contributed by atoms with Crippen LogP contribution in [0.2, 0.25) is 0 Å². The maximum atomic E-state index is 14.1. The minimum atomic E-state index is -1.55. The fraction of sp³-hybridized carbons (Fsp3) is 0.500. The van der Waals surface area contributed by atoms with E-state index in [9.17, 15) is 24.6 Å². The Labute approximate surface area is 230 Å². The zero-order chi connectivity index (χ0) is 29.1. The first kappa shape index (κ1) is 30.0. The number of carbonyl (C=O) groups is 3. The lowest BCUT2D eigenvalue weighted by molar-refractivity contribution is -0.137. The number of carboxylic acid groups (broad SMARTS) is 1. The number of nitrogens with zero attached hydrogens (tertiary/aromatic N) is 2. The van der Waals surface area contributed by atoms with Crippen molar-refractivity contribution >= 4 is 18.1 Å². The number of rotatable bonds is 7. The number of nitrogens with one attached hydrogen (secondary N) is 1. The molecule has 1 heterocycles. The van der Waals surface area contributed by atoms with Gasteiger partial charge in [-0.15, -0.1) is 0 Å². The van der Waals surface area contributed by atoms with Gasteiger partial charge in [-0.3, -0.25) is 9.69 Å². The second-order valence-electron chi connectivity index (χ2n) is 12.1. The van der Waals surface area contributed by atoms with Crippen LogP contribution in [0.15, 0.2) is 60.7 Å². The van der Waals surface area contributed by atoms with E-state index in [2.05, 4.69) is 5.32 Å². The van der Waals surface area contributed by atoms with Crippen molar-refractivity contribution in [3.63, 3.8) is 0 Å². The predicted octanol–water partition coefficient (Wildman–Crippen LogP) is 4.81. The van der Waals surface area contributed by atoms with Gasteiger partial charge in [0.1, 0.15) is 23.9 Å². The van der Waals surface area contributed by atoms with Gasteiger partial charge in [-0.2, -0.15) is 0 Å². The zero-order valence-electron chi connectivity index (χ0n) is 23.8. The van der Waals surface area contributed by atoms with Gasteiger partial charge in [0.15, 0.2) is 0 Å². The monoisotopic (exact) mass is 539 g/mol. The number of hydrogen-bond donors (Lipinski definition) is 3. The number of aliphatic hydroxyl groups is 1. The summed E-state index contributed by atoms with van der Waals surface area (Å²) in [6, 6.07) is 15.7. The van der Waals surface area contributed by atoms with Gasteiger partial charge >= 0.3 is 12.2 Å². The van der Waals surface area contributed by atoms with Crippen molar-refractivity contribution in [2.75, 3.05) is 0 Å². The molecule has 9 nitrogen and oxygen atoms in total. The minimum Gasteiger partial charge on any atom is -0.465 e. The van der Waals surface area contributed by atoms with Crippen LogP contribution in [0.1, 0.15) is 65.6 Å². The minimum absolute atomic E-state index is 0.161. The van der Waals surface area contributed by atoms with Crippen LogP contribution in [0.4, 0.5) is 9.59 Å². The Morgan fingerprint density at radius 2 is 1.51 bits per heavy atom.